The summed E-state index contributed by atoms with van der Waals surface area (Å²) in [6, 6.07) is 6.01. The van der Waals surface area contributed by atoms with Crippen molar-refractivity contribution in [2.75, 3.05) is 13.7 Å². The zero-order valence-corrected chi connectivity index (χ0v) is 9.96. The molecule has 0 saturated carbocycles. The summed E-state index contributed by atoms with van der Waals surface area (Å²) < 4.78 is 5.50. The van der Waals surface area contributed by atoms with Crippen molar-refractivity contribution in [3.05, 3.63) is 29.3 Å². The second-order valence-corrected chi connectivity index (χ2v) is 3.72. The van der Waals surface area contributed by atoms with E-state index in [1.807, 2.05) is 26.0 Å². The Kier molecular flexibility index (Phi) is 4.79. The first kappa shape index (κ1) is 12.5. The molecule has 0 heterocycles. The molecule has 16 heavy (non-hydrogen) atoms. The summed E-state index contributed by atoms with van der Waals surface area (Å²) in [7, 11) is 1.66. The van der Waals surface area contributed by atoms with Crippen molar-refractivity contribution >= 4 is 5.91 Å². The van der Waals surface area contributed by atoms with Crippen LogP contribution in [0.25, 0.3) is 0 Å². The maximum absolute atomic E-state index is 11.1. The first-order valence-corrected chi connectivity index (χ1v) is 5.28. The number of benzene rings is 1. The molecule has 0 fully saturated rings. The first-order valence-electron chi connectivity index (χ1n) is 5.28. The normalized spacial score (nSPS) is 9.94. The highest BCUT2D eigenvalue weighted by molar-refractivity contribution is 5.75. The predicted octanol–water partition coefficient (Wildman–Crippen LogP) is 1.32. The van der Waals surface area contributed by atoms with Crippen molar-refractivity contribution in [1.82, 2.24) is 10.9 Å². The third kappa shape index (κ3) is 4.31. The lowest BCUT2D eigenvalue weighted by Gasteiger charge is -2.08. The Labute approximate surface area is 96.0 Å². The van der Waals surface area contributed by atoms with Gasteiger partial charge in [-0.2, -0.15) is 0 Å². The SMILES string of the molecule is CNNC(=O)CCOc1cc(C)cc(C)c1. The van der Waals surface area contributed by atoms with E-state index >= 15 is 0 Å². The van der Waals surface area contributed by atoms with Gasteiger partial charge in [0.05, 0.1) is 13.0 Å². The van der Waals surface area contributed by atoms with E-state index < -0.39 is 0 Å². The minimum absolute atomic E-state index is 0.0770. The standard InChI is InChI=1S/C12H18N2O2/c1-9-6-10(2)8-11(7-9)16-5-4-12(15)14-13-3/h6-8,13H,4-5H2,1-3H3,(H,14,15). The Morgan fingerprint density at radius 2 is 1.88 bits per heavy atom. The highest BCUT2D eigenvalue weighted by Gasteiger charge is 2.01. The maximum Gasteiger partial charge on any atom is 0.237 e. The van der Waals surface area contributed by atoms with Gasteiger partial charge in [0.25, 0.3) is 0 Å². The first-order chi connectivity index (χ1) is 7.61. The molecule has 4 nitrogen and oxygen atoms in total. The van der Waals surface area contributed by atoms with Crippen LogP contribution in [-0.4, -0.2) is 19.6 Å². The number of nitrogens with one attached hydrogen (secondary N) is 2. The van der Waals surface area contributed by atoms with Crippen molar-refractivity contribution in [3.8, 4) is 5.75 Å². The van der Waals surface area contributed by atoms with Gasteiger partial charge in [0.15, 0.2) is 0 Å². The van der Waals surface area contributed by atoms with E-state index in [1.165, 1.54) is 0 Å². The highest BCUT2D eigenvalue weighted by Crippen LogP contribution is 2.16. The number of hydrazine groups is 1. The van der Waals surface area contributed by atoms with E-state index in [0.717, 1.165) is 16.9 Å². The number of aryl methyl sites for hydroxylation is 2. The average molecular weight is 222 g/mol. The summed E-state index contributed by atoms with van der Waals surface area (Å²) >= 11 is 0. The molecule has 0 radical (unpaired) electrons. The van der Waals surface area contributed by atoms with Crippen LogP contribution < -0.4 is 15.6 Å². The van der Waals surface area contributed by atoms with Crippen LogP contribution in [0.3, 0.4) is 0 Å². The molecule has 2 N–H and O–H groups in total. The molecule has 0 atom stereocenters. The van der Waals surface area contributed by atoms with Gasteiger partial charge in [0.2, 0.25) is 5.91 Å². The molecule has 0 aliphatic rings. The third-order valence-electron chi connectivity index (χ3n) is 2.06. The van der Waals surface area contributed by atoms with Crippen LogP contribution in [0.2, 0.25) is 0 Å². The number of amides is 1. The average Bonchev–Trinajstić information content (AvgIpc) is 2.16. The quantitative estimate of drug-likeness (QED) is 0.739. The fourth-order valence-electron chi connectivity index (χ4n) is 1.48. The van der Waals surface area contributed by atoms with Crippen LogP contribution in [-0.2, 0) is 4.79 Å². The van der Waals surface area contributed by atoms with Crippen molar-refractivity contribution < 1.29 is 9.53 Å². The molecule has 0 spiro atoms. The van der Waals surface area contributed by atoms with Crippen molar-refractivity contribution in [1.29, 1.82) is 0 Å². The van der Waals surface area contributed by atoms with Crippen molar-refractivity contribution in [3.63, 3.8) is 0 Å². The minimum atomic E-state index is -0.0770. The molecule has 0 aromatic heterocycles. The molecule has 0 saturated heterocycles. The number of ether oxygens (including phenoxy) is 1. The molecule has 1 rings (SSSR count). The Hall–Kier alpha value is -1.55. The molecule has 0 bridgehead atoms. The molecule has 4 heteroatoms. The van der Waals surface area contributed by atoms with E-state index in [2.05, 4.69) is 16.9 Å². The van der Waals surface area contributed by atoms with Crippen LogP contribution in [0.1, 0.15) is 17.5 Å². The van der Waals surface area contributed by atoms with Gasteiger partial charge < -0.3 is 4.74 Å². The molecule has 1 aromatic rings. The van der Waals surface area contributed by atoms with E-state index in [9.17, 15) is 4.79 Å². The van der Waals surface area contributed by atoms with Gasteiger partial charge in [0.1, 0.15) is 5.75 Å². The molecule has 0 aliphatic carbocycles. The topological polar surface area (TPSA) is 50.4 Å². The van der Waals surface area contributed by atoms with Gasteiger partial charge in [-0.25, -0.2) is 5.43 Å². The third-order valence-corrected chi connectivity index (χ3v) is 2.06. The highest BCUT2D eigenvalue weighted by atomic mass is 16.5. The second kappa shape index (κ2) is 6.12. The summed E-state index contributed by atoms with van der Waals surface area (Å²) in [4.78, 5) is 11.1. The van der Waals surface area contributed by atoms with Crippen LogP contribution in [0, 0.1) is 13.8 Å². The minimum Gasteiger partial charge on any atom is -0.493 e. The maximum atomic E-state index is 11.1. The van der Waals surface area contributed by atoms with E-state index in [1.54, 1.807) is 7.05 Å². The molecule has 0 unspecified atom stereocenters. The predicted molar refractivity (Wildman–Crippen MR) is 63.2 cm³/mol. The Morgan fingerprint density at radius 3 is 2.44 bits per heavy atom. The molecule has 1 amide bonds. The number of carbonyl (C=O) groups excluding carboxylic acids is 1. The van der Waals surface area contributed by atoms with Crippen LogP contribution in [0.5, 0.6) is 5.75 Å². The molecular weight excluding hydrogens is 204 g/mol. The van der Waals surface area contributed by atoms with Gasteiger partial charge in [-0.3, -0.25) is 10.2 Å². The lowest BCUT2D eigenvalue weighted by molar-refractivity contribution is -0.122. The smallest absolute Gasteiger partial charge is 0.237 e. The van der Waals surface area contributed by atoms with Gasteiger partial charge in [-0.1, -0.05) is 6.07 Å². The van der Waals surface area contributed by atoms with Crippen molar-refractivity contribution in [2.24, 2.45) is 0 Å². The zero-order chi connectivity index (χ0) is 12.0. The molecule has 1 aromatic carbocycles. The summed E-state index contributed by atoms with van der Waals surface area (Å²) in [6.45, 7) is 4.43. The van der Waals surface area contributed by atoms with Gasteiger partial charge >= 0.3 is 0 Å². The molecule has 0 aliphatic heterocycles. The van der Waals surface area contributed by atoms with E-state index in [4.69, 9.17) is 4.74 Å². The Morgan fingerprint density at radius 1 is 1.25 bits per heavy atom. The van der Waals surface area contributed by atoms with Gasteiger partial charge in [0, 0.05) is 7.05 Å². The lowest BCUT2D eigenvalue weighted by Crippen LogP contribution is -2.34. The molecule has 88 valence electrons. The second-order valence-electron chi connectivity index (χ2n) is 3.72. The number of rotatable bonds is 5. The Bertz CT molecular complexity index is 344. The monoisotopic (exact) mass is 222 g/mol. The summed E-state index contributed by atoms with van der Waals surface area (Å²) in [5.74, 6) is 0.738. The largest absolute Gasteiger partial charge is 0.493 e. The van der Waals surface area contributed by atoms with Crippen LogP contribution in [0.4, 0.5) is 0 Å². The summed E-state index contributed by atoms with van der Waals surface area (Å²) in [5.41, 5.74) is 7.39. The summed E-state index contributed by atoms with van der Waals surface area (Å²) in [5, 5.41) is 0. The number of hydrogen-bond donors (Lipinski definition) is 2. The van der Waals surface area contributed by atoms with Crippen LogP contribution >= 0.6 is 0 Å². The fourth-order valence-corrected chi connectivity index (χ4v) is 1.48. The van der Waals surface area contributed by atoms with Gasteiger partial charge in [-0.05, 0) is 37.1 Å². The zero-order valence-electron chi connectivity index (χ0n) is 9.96. The molecular formula is C12H18N2O2. The van der Waals surface area contributed by atoms with Crippen LogP contribution in [0.15, 0.2) is 18.2 Å². The van der Waals surface area contributed by atoms with E-state index in [0.29, 0.717) is 13.0 Å². The summed E-state index contributed by atoms with van der Waals surface area (Å²) in [6.07, 6.45) is 0.341. The Balaban J connectivity index is 2.40. The van der Waals surface area contributed by atoms with E-state index in [-0.39, 0.29) is 5.91 Å². The number of carbonyl (C=O) groups is 1. The lowest BCUT2D eigenvalue weighted by atomic mass is 10.1. The number of hydrogen-bond acceptors (Lipinski definition) is 3. The van der Waals surface area contributed by atoms with Crippen molar-refractivity contribution in [2.45, 2.75) is 20.3 Å². The fraction of sp³-hybridized carbons (Fsp3) is 0.417. The van der Waals surface area contributed by atoms with Gasteiger partial charge in [-0.15, -0.1) is 0 Å².